The van der Waals surface area contributed by atoms with E-state index in [1.54, 1.807) is 7.11 Å². The number of para-hydroxylation sites is 1. The van der Waals surface area contributed by atoms with Gasteiger partial charge in [-0.3, -0.25) is 0 Å². The third-order valence-corrected chi connectivity index (χ3v) is 2.90. The summed E-state index contributed by atoms with van der Waals surface area (Å²) in [7, 11) is 5.66. The molecule has 0 aliphatic rings. The largest absolute Gasteiger partial charge is 0.494 e. The zero-order chi connectivity index (χ0) is 13.8. The highest BCUT2D eigenvalue weighted by molar-refractivity contribution is 6.29. The molecule has 1 aromatic carbocycles. The molecule has 5 nitrogen and oxygen atoms in total. The Balaban J connectivity index is 2.37. The molecular formula is C13H17ClN4O. The second-order valence-corrected chi connectivity index (χ2v) is 4.77. The van der Waals surface area contributed by atoms with Gasteiger partial charge in [0.2, 0.25) is 5.28 Å². The molecule has 0 amide bonds. The molecule has 0 spiro atoms. The Labute approximate surface area is 117 Å². The third-order valence-electron chi connectivity index (χ3n) is 2.73. The smallest absolute Gasteiger partial charge is 0.225 e. The highest BCUT2D eigenvalue weighted by Gasteiger charge is 2.10. The summed E-state index contributed by atoms with van der Waals surface area (Å²) in [5.41, 5.74) is 0.720. The van der Waals surface area contributed by atoms with Crippen molar-refractivity contribution < 1.29 is 4.74 Å². The molecule has 0 aliphatic heterocycles. The van der Waals surface area contributed by atoms with E-state index >= 15 is 0 Å². The van der Waals surface area contributed by atoms with E-state index in [0.717, 1.165) is 29.8 Å². The highest BCUT2D eigenvalue weighted by Crippen LogP contribution is 2.28. The van der Waals surface area contributed by atoms with Crippen molar-refractivity contribution in [1.29, 1.82) is 0 Å². The van der Waals surface area contributed by atoms with E-state index in [0.29, 0.717) is 5.75 Å². The number of fused-ring (bicyclic) bond motifs is 1. The quantitative estimate of drug-likeness (QED) is 0.852. The molecule has 2 aromatic rings. The van der Waals surface area contributed by atoms with Crippen LogP contribution in [-0.4, -0.2) is 49.2 Å². The minimum absolute atomic E-state index is 0.212. The topological polar surface area (TPSA) is 50.3 Å². The van der Waals surface area contributed by atoms with Crippen LogP contribution in [0.3, 0.4) is 0 Å². The van der Waals surface area contributed by atoms with Crippen LogP contribution in [0.4, 0.5) is 5.82 Å². The number of anilines is 1. The van der Waals surface area contributed by atoms with E-state index in [1.165, 1.54) is 0 Å². The normalized spacial score (nSPS) is 11.0. The zero-order valence-electron chi connectivity index (χ0n) is 11.3. The highest BCUT2D eigenvalue weighted by atomic mass is 35.5. The Bertz CT molecular complexity index is 574. The van der Waals surface area contributed by atoms with Gasteiger partial charge in [-0.25, -0.2) is 9.97 Å². The SMILES string of the molecule is COc1cccc2c(NCCN(C)C)nc(Cl)nc12. The predicted molar refractivity (Wildman–Crippen MR) is 78.1 cm³/mol. The molecular weight excluding hydrogens is 264 g/mol. The lowest BCUT2D eigenvalue weighted by Crippen LogP contribution is -2.21. The molecule has 2 rings (SSSR count). The lowest BCUT2D eigenvalue weighted by Gasteiger charge is -2.13. The summed E-state index contributed by atoms with van der Waals surface area (Å²) in [6, 6.07) is 5.72. The van der Waals surface area contributed by atoms with Crippen molar-refractivity contribution in [2.45, 2.75) is 0 Å². The summed E-state index contributed by atoms with van der Waals surface area (Å²) in [6.07, 6.45) is 0. The first-order valence-corrected chi connectivity index (χ1v) is 6.38. The zero-order valence-corrected chi connectivity index (χ0v) is 12.0. The number of hydrogen-bond acceptors (Lipinski definition) is 5. The van der Waals surface area contributed by atoms with Crippen molar-refractivity contribution in [3.63, 3.8) is 0 Å². The minimum atomic E-state index is 0.212. The first kappa shape index (κ1) is 13.8. The second kappa shape index (κ2) is 6.04. The molecule has 0 saturated carbocycles. The number of nitrogens with one attached hydrogen (secondary N) is 1. The molecule has 1 heterocycles. The maximum absolute atomic E-state index is 5.97. The lowest BCUT2D eigenvalue weighted by atomic mass is 10.2. The average molecular weight is 281 g/mol. The van der Waals surface area contributed by atoms with Crippen LogP contribution < -0.4 is 10.1 Å². The van der Waals surface area contributed by atoms with Gasteiger partial charge in [0, 0.05) is 18.5 Å². The van der Waals surface area contributed by atoms with Crippen LogP contribution in [-0.2, 0) is 0 Å². The van der Waals surface area contributed by atoms with Crippen LogP contribution in [0.2, 0.25) is 5.28 Å². The van der Waals surface area contributed by atoms with Crippen molar-refractivity contribution in [3.05, 3.63) is 23.5 Å². The number of methoxy groups -OCH3 is 1. The molecule has 6 heteroatoms. The summed E-state index contributed by atoms with van der Waals surface area (Å²) in [5.74, 6) is 1.42. The fourth-order valence-electron chi connectivity index (χ4n) is 1.80. The molecule has 19 heavy (non-hydrogen) atoms. The Hall–Kier alpha value is -1.59. The van der Waals surface area contributed by atoms with E-state index in [1.807, 2.05) is 32.3 Å². The number of aromatic nitrogens is 2. The molecule has 0 aliphatic carbocycles. The van der Waals surface area contributed by atoms with Crippen molar-refractivity contribution in [3.8, 4) is 5.75 Å². The van der Waals surface area contributed by atoms with Gasteiger partial charge in [0.25, 0.3) is 0 Å². The average Bonchev–Trinajstić information content (AvgIpc) is 2.37. The number of nitrogens with zero attached hydrogens (tertiary/aromatic N) is 3. The molecule has 0 bridgehead atoms. The third kappa shape index (κ3) is 3.24. The number of rotatable bonds is 5. The molecule has 1 N–H and O–H groups in total. The maximum atomic E-state index is 5.97. The summed E-state index contributed by atoms with van der Waals surface area (Å²) in [5, 5.41) is 4.40. The molecule has 1 aromatic heterocycles. The fourth-order valence-corrected chi connectivity index (χ4v) is 1.96. The summed E-state index contributed by atoms with van der Waals surface area (Å²) >= 11 is 5.97. The summed E-state index contributed by atoms with van der Waals surface area (Å²) < 4.78 is 5.30. The van der Waals surface area contributed by atoms with E-state index in [-0.39, 0.29) is 5.28 Å². The molecule has 0 fully saturated rings. The first-order valence-electron chi connectivity index (χ1n) is 6.00. The monoisotopic (exact) mass is 280 g/mol. The number of hydrogen-bond donors (Lipinski definition) is 1. The van der Waals surface area contributed by atoms with Crippen LogP contribution >= 0.6 is 11.6 Å². The standard InChI is InChI=1S/C13H17ClN4O/c1-18(2)8-7-15-12-9-5-4-6-10(19-3)11(9)16-13(14)17-12/h4-6H,7-8H2,1-3H3,(H,15,16,17). The van der Waals surface area contributed by atoms with Gasteiger partial charge in [-0.2, -0.15) is 0 Å². The van der Waals surface area contributed by atoms with Gasteiger partial charge in [-0.15, -0.1) is 0 Å². The number of ether oxygens (including phenoxy) is 1. The Morgan fingerprint density at radius 2 is 2.11 bits per heavy atom. The Morgan fingerprint density at radius 3 is 2.79 bits per heavy atom. The van der Waals surface area contributed by atoms with Gasteiger partial charge in [0.1, 0.15) is 17.1 Å². The lowest BCUT2D eigenvalue weighted by molar-refractivity contribution is 0.419. The number of benzene rings is 1. The van der Waals surface area contributed by atoms with E-state index < -0.39 is 0 Å². The predicted octanol–water partition coefficient (Wildman–Crippen LogP) is 2.27. The van der Waals surface area contributed by atoms with Crippen LogP contribution in [0.25, 0.3) is 10.9 Å². The first-order chi connectivity index (χ1) is 9.11. The van der Waals surface area contributed by atoms with Gasteiger partial charge in [-0.05, 0) is 37.8 Å². The van der Waals surface area contributed by atoms with E-state index in [2.05, 4.69) is 20.2 Å². The van der Waals surface area contributed by atoms with E-state index in [4.69, 9.17) is 16.3 Å². The van der Waals surface area contributed by atoms with Crippen molar-refractivity contribution in [2.75, 3.05) is 39.6 Å². The van der Waals surface area contributed by atoms with Crippen LogP contribution in [0, 0.1) is 0 Å². The van der Waals surface area contributed by atoms with Crippen molar-refractivity contribution in [2.24, 2.45) is 0 Å². The maximum Gasteiger partial charge on any atom is 0.225 e. The number of likely N-dealkylation sites (N-methyl/N-ethyl adjacent to an activating group) is 1. The molecule has 0 unspecified atom stereocenters. The van der Waals surface area contributed by atoms with Gasteiger partial charge in [-0.1, -0.05) is 6.07 Å². The van der Waals surface area contributed by atoms with Gasteiger partial charge < -0.3 is 15.0 Å². The minimum Gasteiger partial charge on any atom is -0.494 e. The van der Waals surface area contributed by atoms with E-state index in [9.17, 15) is 0 Å². The molecule has 102 valence electrons. The molecule has 0 atom stereocenters. The molecule has 0 saturated heterocycles. The van der Waals surface area contributed by atoms with Gasteiger partial charge in [0.05, 0.1) is 7.11 Å². The van der Waals surface area contributed by atoms with Crippen LogP contribution in [0.5, 0.6) is 5.75 Å². The van der Waals surface area contributed by atoms with Crippen molar-refractivity contribution in [1.82, 2.24) is 14.9 Å². The summed E-state index contributed by atoms with van der Waals surface area (Å²) in [4.78, 5) is 10.6. The Kier molecular flexibility index (Phi) is 4.39. The van der Waals surface area contributed by atoms with Crippen molar-refractivity contribution >= 4 is 28.3 Å². The van der Waals surface area contributed by atoms with Gasteiger partial charge in [0.15, 0.2) is 0 Å². The van der Waals surface area contributed by atoms with Crippen LogP contribution in [0.15, 0.2) is 18.2 Å². The fraction of sp³-hybridized carbons (Fsp3) is 0.385. The number of halogens is 1. The Morgan fingerprint density at radius 1 is 1.32 bits per heavy atom. The molecule has 0 radical (unpaired) electrons. The second-order valence-electron chi connectivity index (χ2n) is 4.43. The van der Waals surface area contributed by atoms with Gasteiger partial charge >= 0.3 is 0 Å². The summed E-state index contributed by atoms with van der Waals surface area (Å²) in [6.45, 7) is 1.69. The van der Waals surface area contributed by atoms with Crippen LogP contribution in [0.1, 0.15) is 0 Å².